The molecule has 2 heterocycles. The first-order valence-corrected chi connectivity index (χ1v) is 6.75. The number of carbonyl (C=O) groups excluding carboxylic acids is 1. The fraction of sp³-hybridized carbons (Fsp3) is 0.615. The van der Waals surface area contributed by atoms with Gasteiger partial charge in [0, 0.05) is 6.42 Å². The van der Waals surface area contributed by atoms with E-state index in [1.807, 2.05) is 0 Å². The maximum absolute atomic E-state index is 12.7. The van der Waals surface area contributed by atoms with Gasteiger partial charge < -0.3 is 20.7 Å². The minimum Gasteiger partial charge on any atom is -0.480 e. The highest BCUT2D eigenvalue weighted by Gasteiger charge is 2.49. The van der Waals surface area contributed by atoms with Crippen molar-refractivity contribution < 1.29 is 14.7 Å². The van der Waals surface area contributed by atoms with E-state index in [4.69, 9.17) is 5.73 Å². The van der Waals surface area contributed by atoms with Crippen LogP contribution in [-0.4, -0.2) is 43.4 Å². The van der Waals surface area contributed by atoms with Crippen molar-refractivity contribution in [2.75, 3.05) is 0 Å². The van der Waals surface area contributed by atoms with E-state index in [-0.39, 0.29) is 24.8 Å². The van der Waals surface area contributed by atoms with Crippen LogP contribution in [0.5, 0.6) is 0 Å². The number of carboxylic acids is 1. The third-order valence-corrected chi connectivity index (χ3v) is 4.33. The summed E-state index contributed by atoms with van der Waals surface area (Å²) in [7, 11) is 0. The number of aromatic nitrogens is 2. The van der Waals surface area contributed by atoms with E-state index < -0.39 is 17.6 Å². The summed E-state index contributed by atoms with van der Waals surface area (Å²) in [5.41, 5.74) is 6.67. The molecule has 20 heavy (non-hydrogen) atoms. The molecule has 108 valence electrons. The first kappa shape index (κ1) is 13.1. The fourth-order valence-corrected chi connectivity index (χ4v) is 2.84. The Morgan fingerprint density at radius 3 is 2.85 bits per heavy atom. The van der Waals surface area contributed by atoms with Crippen molar-refractivity contribution in [3.05, 3.63) is 17.7 Å². The van der Waals surface area contributed by atoms with Gasteiger partial charge in [-0.3, -0.25) is 4.79 Å². The number of aliphatic carboxylic acids is 1. The Kier molecular flexibility index (Phi) is 2.82. The molecule has 0 saturated heterocycles. The van der Waals surface area contributed by atoms with E-state index in [2.05, 4.69) is 9.97 Å². The molecule has 0 aromatic carbocycles. The topological polar surface area (TPSA) is 112 Å². The number of fused-ring (bicyclic) bond motifs is 1. The Labute approximate surface area is 116 Å². The second-order valence-electron chi connectivity index (χ2n) is 5.88. The lowest BCUT2D eigenvalue weighted by molar-refractivity contribution is -0.154. The largest absolute Gasteiger partial charge is 0.480 e. The van der Waals surface area contributed by atoms with E-state index in [1.54, 1.807) is 6.92 Å². The van der Waals surface area contributed by atoms with Crippen molar-refractivity contribution in [3.8, 4) is 0 Å². The Hall–Kier alpha value is -1.89. The molecule has 1 saturated carbocycles. The molecule has 4 N–H and O–H groups in total. The molecule has 0 bridgehead atoms. The van der Waals surface area contributed by atoms with Crippen LogP contribution in [0, 0.1) is 5.92 Å². The summed E-state index contributed by atoms with van der Waals surface area (Å²) in [6.07, 6.45) is 3.61. The first-order valence-electron chi connectivity index (χ1n) is 6.75. The second-order valence-corrected chi connectivity index (χ2v) is 5.88. The van der Waals surface area contributed by atoms with Crippen LogP contribution in [0.1, 0.15) is 31.2 Å². The van der Waals surface area contributed by atoms with Crippen LogP contribution in [0.2, 0.25) is 0 Å². The van der Waals surface area contributed by atoms with E-state index >= 15 is 0 Å². The molecule has 1 aromatic heterocycles. The number of hydrogen-bond acceptors (Lipinski definition) is 4. The highest BCUT2D eigenvalue weighted by atomic mass is 16.4. The van der Waals surface area contributed by atoms with Crippen molar-refractivity contribution in [1.29, 1.82) is 0 Å². The van der Waals surface area contributed by atoms with Crippen LogP contribution >= 0.6 is 0 Å². The van der Waals surface area contributed by atoms with Crippen LogP contribution in [-0.2, 0) is 22.6 Å². The molecule has 1 aliphatic carbocycles. The Morgan fingerprint density at radius 2 is 2.25 bits per heavy atom. The summed E-state index contributed by atoms with van der Waals surface area (Å²) >= 11 is 0. The van der Waals surface area contributed by atoms with Crippen molar-refractivity contribution in [2.24, 2.45) is 11.7 Å². The van der Waals surface area contributed by atoms with Gasteiger partial charge in [-0.25, -0.2) is 9.78 Å². The summed E-state index contributed by atoms with van der Waals surface area (Å²) in [6.45, 7) is 1.93. The summed E-state index contributed by atoms with van der Waals surface area (Å²) in [5, 5.41) is 9.37. The number of carboxylic acid groups (broad SMARTS) is 1. The van der Waals surface area contributed by atoms with Crippen molar-refractivity contribution in [1.82, 2.24) is 14.9 Å². The number of hydrogen-bond donors (Lipinski definition) is 3. The zero-order chi connectivity index (χ0) is 14.5. The molecular formula is C13H18N4O3. The average molecular weight is 278 g/mol. The molecule has 1 aromatic rings. The standard InChI is InChI=1S/C13H18N4O3/c1-13(14,7-2-3-7)12(20)17-5-9-8(15-6-16-9)4-10(17)11(18)19/h6-7,10H,2-5,14H2,1H3,(H,15,16)(H,18,19). The molecule has 0 spiro atoms. The Bertz CT molecular complexity index is 562. The molecule has 2 aliphatic rings. The van der Waals surface area contributed by atoms with E-state index in [0.717, 1.165) is 18.5 Å². The van der Waals surface area contributed by atoms with Crippen LogP contribution in [0.15, 0.2) is 6.33 Å². The van der Waals surface area contributed by atoms with Gasteiger partial charge >= 0.3 is 5.97 Å². The Morgan fingerprint density at radius 1 is 1.55 bits per heavy atom. The zero-order valence-corrected chi connectivity index (χ0v) is 11.3. The highest BCUT2D eigenvalue weighted by molar-refractivity contribution is 5.90. The molecule has 2 unspecified atom stereocenters. The van der Waals surface area contributed by atoms with Gasteiger partial charge in [0.15, 0.2) is 0 Å². The molecule has 3 rings (SSSR count). The summed E-state index contributed by atoms with van der Waals surface area (Å²) in [4.78, 5) is 32.5. The number of nitrogens with two attached hydrogens (primary N) is 1. The molecule has 0 radical (unpaired) electrons. The number of rotatable bonds is 3. The van der Waals surface area contributed by atoms with E-state index in [1.165, 1.54) is 11.2 Å². The predicted octanol–water partition coefficient (Wildman–Crippen LogP) is -0.125. The number of aromatic amines is 1. The minimum absolute atomic E-state index is 0.160. The minimum atomic E-state index is -1.02. The predicted molar refractivity (Wildman–Crippen MR) is 69.6 cm³/mol. The summed E-state index contributed by atoms with van der Waals surface area (Å²) < 4.78 is 0. The monoisotopic (exact) mass is 278 g/mol. The lowest BCUT2D eigenvalue weighted by atomic mass is 9.92. The van der Waals surface area contributed by atoms with E-state index in [0.29, 0.717) is 5.69 Å². The van der Waals surface area contributed by atoms with Crippen LogP contribution < -0.4 is 5.73 Å². The van der Waals surface area contributed by atoms with Gasteiger partial charge in [-0.05, 0) is 25.7 Å². The summed E-state index contributed by atoms with van der Waals surface area (Å²) in [5.74, 6) is -1.14. The van der Waals surface area contributed by atoms with E-state index in [9.17, 15) is 14.7 Å². The van der Waals surface area contributed by atoms with Gasteiger partial charge in [0.1, 0.15) is 6.04 Å². The molecule has 1 amide bonds. The lowest BCUT2D eigenvalue weighted by Gasteiger charge is -2.37. The van der Waals surface area contributed by atoms with Gasteiger partial charge in [0.05, 0.1) is 29.8 Å². The second kappa shape index (κ2) is 4.31. The summed E-state index contributed by atoms with van der Waals surface area (Å²) in [6, 6.07) is -0.889. The van der Waals surface area contributed by atoms with Gasteiger partial charge in [0.2, 0.25) is 5.91 Å². The third kappa shape index (κ3) is 1.98. The van der Waals surface area contributed by atoms with Crippen molar-refractivity contribution in [2.45, 2.75) is 44.3 Å². The van der Waals surface area contributed by atoms with Crippen LogP contribution in [0.4, 0.5) is 0 Å². The number of nitrogens with zero attached hydrogens (tertiary/aromatic N) is 2. The maximum Gasteiger partial charge on any atom is 0.326 e. The Balaban J connectivity index is 1.90. The first-order chi connectivity index (χ1) is 9.41. The quantitative estimate of drug-likeness (QED) is 0.713. The normalized spacial score (nSPS) is 24.9. The highest BCUT2D eigenvalue weighted by Crippen LogP contribution is 2.40. The zero-order valence-electron chi connectivity index (χ0n) is 11.3. The third-order valence-electron chi connectivity index (χ3n) is 4.33. The van der Waals surface area contributed by atoms with Crippen LogP contribution in [0.3, 0.4) is 0 Å². The smallest absolute Gasteiger partial charge is 0.326 e. The van der Waals surface area contributed by atoms with Gasteiger partial charge in [0.25, 0.3) is 0 Å². The number of amides is 1. The molecule has 1 fully saturated rings. The number of carbonyl (C=O) groups is 2. The van der Waals surface area contributed by atoms with Gasteiger partial charge in [-0.2, -0.15) is 0 Å². The lowest BCUT2D eigenvalue weighted by Crippen LogP contribution is -2.60. The van der Waals surface area contributed by atoms with Gasteiger partial charge in [-0.1, -0.05) is 0 Å². The fourth-order valence-electron chi connectivity index (χ4n) is 2.84. The van der Waals surface area contributed by atoms with Crippen LogP contribution in [0.25, 0.3) is 0 Å². The molecule has 1 aliphatic heterocycles. The van der Waals surface area contributed by atoms with Gasteiger partial charge in [-0.15, -0.1) is 0 Å². The number of H-pyrrole nitrogens is 1. The van der Waals surface area contributed by atoms with Crippen molar-refractivity contribution >= 4 is 11.9 Å². The SMILES string of the molecule is CC(N)(C(=O)N1Cc2[nH]cnc2CC1C(=O)O)C1CC1. The molecule has 2 atom stereocenters. The van der Waals surface area contributed by atoms with Crippen molar-refractivity contribution in [3.63, 3.8) is 0 Å². The number of imidazole rings is 1. The molecular weight excluding hydrogens is 260 g/mol. The maximum atomic E-state index is 12.7. The molecule has 7 heteroatoms. The molecule has 7 nitrogen and oxygen atoms in total. The average Bonchev–Trinajstić information content (AvgIpc) is 3.16. The number of nitrogens with one attached hydrogen (secondary N) is 1.